The SMILES string of the molecule is CC(O)C(NC(=O)C(CCC(N)=O)NC(=O)C(N)CS)C(=O)NCC(=O)O. The lowest BCUT2D eigenvalue weighted by Gasteiger charge is -2.25. The van der Waals surface area contributed by atoms with E-state index in [9.17, 15) is 29.1 Å². The molecule has 27 heavy (non-hydrogen) atoms. The second-order valence-electron chi connectivity index (χ2n) is 5.69. The molecule has 12 nitrogen and oxygen atoms in total. The summed E-state index contributed by atoms with van der Waals surface area (Å²) in [6, 6.07) is -3.75. The number of thiol groups is 1. The molecule has 0 aromatic rings. The Labute approximate surface area is 160 Å². The Hall–Kier alpha value is -2.38. The van der Waals surface area contributed by atoms with Gasteiger partial charge in [-0.2, -0.15) is 12.6 Å². The Morgan fingerprint density at radius 1 is 1.07 bits per heavy atom. The van der Waals surface area contributed by atoms with Crippen molar-refractivity contribution in [3.8, 4) is 0 Å². The number of hydrogen-bond acceptors (Lipinski definition) is 8. The topological polar surface area (TPSA) is 214 Å². The third kappa shape index (κ3) is 9.77. The number of carboxylic acid groups (broad SMARTS) is 1. The Morgan fingerprint density at radius 2 is 1.67 bits per heavy atom. The van der Waals surface area contributed by atoms with Crippen molar-refractivity contribution in [2.24, 2.45) is 11.5 Å². The number of nitrogens with two attached hydrogens (primary N) is 2. The van der Waals surface area contributed by atoms with E-state index in [1.807, 2.05) is 5.32 Å². The van der Waals surface area contributed by atoms with Crippen LogP contribution in [-0.4, -0.2) is 76.3 Å². The molecule has 0 spiro atoms. The van der Waals surface area contributed by atoms with Crippen LogP contribution in [0.25, 0.3) is 0 Å². The van der Waals surface area contributed by atoms with Gasteiger partial charge in [0.05, 0.1) is 12.1 Å². The number of hydrogen-bond donors (Lipinski definition) is 8. The predicted octanol–water partition coefficient (Wildman–Crippen LogP) is -3.94. The van der Waals surface area contributed by atoms with Gasteiger partial charge < -0.3 is 37.6 Å². The van der Waals surface area contributed by atoms with Gasteiger partial charge in [-0.3, -0.25) is 24.0 Å². The smallest absolute Gasteiger partial charge is 0.322 e. The number of amides is 4. The number of carboxylic acids is 1. The first-order valence-corrected chi connectivity index (χ1v) is 8.55. The summed E-state index contributed by atoms with van der Waals surface area (Å²) in [5, 5.41) is 24.8. The Kier molecular flexibility index (Phi) is 11.0. The quantitative estimate of drug-likeness (QED) is 0.149. The van der Waals surface area contributed by atoms with E-state index in [1.165, 1.54) is 6.92 Å². The molecule has 0 aliphatic rings. The van der Waals surface area contributed by atoms with E-state index in [1.54, 1.807) is 0 Å². The molecule has 0 aromatic heterocycles. The van der Waals surface area contributed by atoms with Gasteiger partial charge in [-0.15, -0.1) is 0 Å². The predicted molar refractivity (Wildman–Crippen MR) is 96.4 cm³/mol. The van der Waals surface area contributed by atoms with E-state index in [0.29, 0.717) is 0 Å². The molecule has 4 unspecified atom stereocenters. The van der Waals surface area contributed by atoms with E-state index in [-0.39, 0.29) is 18.6 Å². The lowest BCUT2D eigenvalue weighted by Crippen LogP contribution is -2.58. The summed E-state index contributed by atoms with van der Waals surface area (Å²) in [7, 11) is 0. The molecule has 0 heterocycles. The van der Waals surface area contributed by atoms with Crippen molar-refractivity contribution in [1.82, 2.24) is 16.0 Å². The standard InChI is InChI=1S/C14H25N5O7S/c1-6(20)11(14(26)17-4-10(22)23)19-13(25)8(2-3-9(16)21)18-12(24)7(15)5-27/h6-8,11,20,27H,2-5,15H2,1H3,(H2,16,21)(H,17,26)(H,18,24)(H,19,25)(H,22,23). The maximum absolute atomic E-state index is 12.4. The molecule has 0 radical (unpaired) electrons. The summed E-state index contributed by atoms with van der Waals surface area (Å²) in [6.07, 6.45) is -1.77. The summed E-state index contributed by atoms with van der Waals surface area (Å²) in [5.41, 5.74) is 10.6. The van der Waals surface area contributed by atoms with Gasteiger partial charge in [0.2, 0.25) is 23.6 Å². The average Bonchev–Trinajstić information content (AvgIpc) is 2.59. The van der Waals surface area contributed by atoms with Crippen LogP contribution in [-0.2, 0) is 24.0 Å². The maximum Gasteiger partial charge on any atom is 0.322 e. The third-order valence-electron chi connectivity index (χ3n) is 3.32. The summed E-state index contributed by atoms with van der Waals surface area (Å²) < 4.78 is 0. The van der Waals surface area contributed by atoms with E-state index in [0.717, 1.165) is 0 Å². The van der Waals surface area contributed by atoms with Gasteiger partial charge >= 0.3 is 5.97 Å². The minimum Gasteiger partial charge on any atom is -0.480 e. The molecule has 0 fully saturated rings. The zero-order valence-corrected chi connectivity index (χ0v) is 15.6. The van der Waals surface area contributed by atoms with Crippen molar-refractivity contribution in [3.05, 3.63) is 0 Å². The average molecular weight is 407 g/mol. The number of carbonyl (C=O) groups excluding carboxylic acids is 4. The fourth-order valence-corrected chi connectivity index (χ4v) is 2.01. The first kappa shape index (κ1) is 24.6. The number of rotatable bonds is 12. The zero-order valence-electron chi connectivity index (χ0n) is 14.7. The molecule has 0 rings (SSSR count). The van der Waals surface area contributed by atoms with Crippen LogP contribution in [0.1, 0.15) is 19.8 Å². The van der Waals surface area contributed by atoms with Crippen molar-refractivity contribution < 1.29 is 34.2 Å². The summed E-state index contributed by atoms with van der Waals surface area (Å²) in [4.78, 5) is 57.7. The van der Waals surface area contributed by atoms with Crippen LogP contribution in [0.2, 0.25) is 0 Å². The largest absolute Gasteiger partial charge is 0.480 e. The van der Waals surface area contributed by atoms with Gasteiger partial charge in [0, 0.05) is 12.2 Å². The zero-order chi connectivity index (χ0) is 21.1. The molecule has 0 aromatic carbocycles. The molecule has 154 valence electrons. The number of nitrogens with one attached hydrogen (secondary N) is 3. The van der Waals surface area contributed by atoms with Crippen molar-refractivity contribution in [2.75, 3.05) is 12.3 Å². The van der Waals surface area contributed by atoms with Crippen LogP contribution in [0.5, 0.6) is 0 Å². The van der Waals surface area contributed by atoms with E-state index in [2.05, 4.69) is 23.3 Å². The van der Waals surface area contributed by atoms with Gasteiger partial charge in [-0.25, -0.2) is 0 Å². The number of aliphatic hydroxyl groups excluding tert-OH is 1. The van der Waals surface area contributed by atoms with Gasteiger partial charge in [-0.05, 0) is 13.3 Å². The van der Waals surface area contributed by atoms with Crippen molar-refractivity contribution in [3.63, 3.8) is 0 Å². The first-order chi connectivity index (χ1) is 12.5. The Morgan fingerprint density at radius 3 is 2.11 bits per heavy atom. The van der Waals surface area contributed by atoms with Crippen molar-refractivity contribution in [1.29, 1.82) is 0 Å². The summed E-state index contributed by atoms with van der Waals surface area (Å²) in [5.74, 6) is -4.55. The van der Waals surface area contributed by atoms with Crippen LogP contribution in [0.3, 0.4) is 0 Å². The molecule has 0 saturated heterocycles. The molecule has 0 aliphatic carbocycles. The van der Waals surface area contributed by atoms with Gasteiger partial charge in [0.1, 0.15) is 18.6 Å². The second kappa shape index (κ2) is 12.1. The maximum atomic E-state index is 12.4. The lowest BCUT2D eigenvalue weighted by atomic mass is 10.1. The molecule has 0 aliphatic heterocycles. The van der Waals surface area contributed by atoms with Gasteiger partial charge in [0.15, 0.2) is 0 Å². The molecule has 0 saturated carbocycles. The minimum absolute atomic E-state index is 0.00385. The molecule has 4 atom stereocenters. The Balaban J connectivity index is 5.18. The number of carbonyl (C=O) groups is 5. The summed E-state index contributed by atoms with van der Waals surface area (Å²) in [6.45, 7) is 0.496. The summed E-state index contributed by atoms with van der Waals surface area (Å²) >= 11 is 3.87. The fourth-order valence-electron chi connectivity index (χ4n) is 1.85. The molecular weight excluding hydrogens is 382 g/mol. The van der Waals surface area contributed by atoms with Crippen LogP contribution < -0.4 is 27.4 Å². The van der Waals surface area contributed by atoms with Crippen LogP contribution in [0, 0.1) is 0 Å². The molecule has 0 bridgehead atoms. The Bertz CT molecular complexity index is 572. The minimum atomic E-state index is -1.48. The van der Waals surface area contributed by atoms with Crippen molar-refractivity contribution >= 4 is 42.2 Å². The fraction of sp³-hybridized carbons (Fsp3) is 0.643. The van der Waals surface area contributed by atoms with Crippen LogP contribution in [0.4, 0.5) is 0 Å². The monoisotopic (exact) mass is 407 g/mol. The molecule has 9 N–H and O–H groups in total. The molecule has 4 amide bonds. The van der Waals surface area contributed by atoms with Crippen molar-refractivity contribution in [2.45, 2.75) is 44.0 Å². The number of aliphatic carboxylic acids is 1. The second-order valence-corrected chi connectivity index (χ2v) is 6.06. The third-order valence-corrected chi connectivity index (χ3v) is 3.72. The highest BCUT2D eigenvalue weighted by Crippen LogP contribution is 2.02. The lowest BCUT2D eigenvalue weighted by molar-refractivity contribution is -0.139. The van der Waals surface area contributed by atoms with E-state index >= 15 is 0 Å². The van der Waals surface area contributed by atoms with Gasteiger partial charge in [-0.1, -0.05) is 0 Å². The first-order valence-electron chi connectivity index (χ1n) is 7.92. The normalized spacial score (nSPS) is 15.0. The highest BCUT2D eigenvalue weighted by Gasteiger charge is 2.30. The van der Waals surface area contributed by atoms with Crippen LogP contribution >= 0.6 is 12.6 Å². The van der Waals surface area contributed by atoms with E-state index < -0.39 is 60.4 Å². The highest BCUT2D eigenvalue weighted by atomic mass is 32.1. The van der Waals surface area contributed by atoms with Crippen LogP contribution in [0.15, 0.2) is 0 Å². The molecule has 13 heteroatoms. The number of aliphatic hydroxyl groups is 1. The number of primary amides is 1. The highest BCUT2D eigenvalue weighted by molar-refractivity contribution is 7.80. The molecular formula is C14H25N5O7S. The van der Waals surface area contributed by atoms with E-state index in [4.69, 9.17) is 16.6 Å². The van der Waals surface area contributed by atoms with Gasteiger partial charge in [0.25, 0.3) is 0 Å².